The van der Waals surface area contributed by atoms with E-state index in [0.717, 1.165) is 28.3 Å². The molecule has 0 saturated heterocycles. The number of aryl methyl sites for hydroxylation is 1. The Kier molecular flexibility index (Phi) is 4.81. The van der Waals surface area contributed by atoms with Gasteiger partial charge in [-0.15, -0.1) is 0 Å². The quantitative estimate of drug-likeness (QED) is 0.539. The predicted octanol–water partition coefficient (Wildman–Crippen LogP) is 4.96. The third kappa shape index (κ3) is 3.74. The van der Waals surface area contributed by atoms with E-state index in [1.807, 2.05) is 67.0 Å². The van der Waals surface area contributed by atoms with E-state index < -0.39 is 0 Å². The van der Waals surface area contributed by atoms with Gasteiger partial charge in [-0.3, -0.25) is 4.79 Å². The van der Waals surface area contributed by atoms with Gasteiger partial charge in [-0.2, -0.15) is 0 Å². The zero-order valence-electron chi connectivity index (χ0n) is 15.8. The molecule has 5 nitrogen and oxygen atoms in total. The van der Waals surface area contributed by atoms with Crippen molar-refractivity contribution in [3.63, 3.8) is 0 Å². The zero-order valence-corrected chi connectivity index (χ0v) is 15.8. The minimum atomic E-state index is -0.161. The number of pyridine rings is 1. The molecule has 0 spiro atoms. The third-order valence-corrected chi connectivity index (χ3v) is 4.46. The van der Waals surface area contributed by atoms with Gasteiger partial charge in [0.25, 0.3) is 5.91 Å². The molecular formula is C23H21N3O2. The van der Waals surface area contributed by atoms with E-state index in [1.165, 1.54) is 5.56 Å². The standard InChI is InChI=1S/C23H21N3O2/c1-3-28-20-9-7-17(8-10-20)23(27)24-19-6-4-5-18(14-19)21-15-26-12-11-16(2)13-22(26)25-21/h4-15H,3H2,1-2H3,(H,24,27). The molecule has 0 aliphatic rings. The summed E-state index contributed by atoms with van der Waals surface area (Å²) in [5.74, 6) is 0.592. The Morgan fingerprint density at radius 2 is 1.93 bits per heavy atom. The number of carbonyl (C=O) groups is 1. The number of aromatic nitrogens is 2. The van der Waals surface area contributed by atoms with Crippen molar-refractivity contribution >= 4 is 17.2 Å². The van der Waals surface area contributed by atoms with Crippen LogP contribution in [0.2, 0.25) is 0 Å². The first-order valence-corrected chi connectivity index (χ1v) is 9.22. The van der Waals surface area contributed by atoms with Crippen molar-refractivity contribution in [2.45, 2.75) is 13.8 Å². The number of rotatable bonds is 5. The Balaban J connectivity index is 1.55. The first-order chi connectivity index (χ1) is 13.6. The van der Waals surface area contributed by atoms with Crippen molar-refractivity contribution in [2.24, 2.45) is 0 Å². The van der Waals surface area contributed by atoms with Gasteiger partial charge in [-0.05, 0) is 67.9 Å². The van der Waals surface area contributed by atoms with Crippen molar-refractivity contribution in [3.8, 4) is 17.0 Å². The fourth-order valence-electron chi connectivity index (χ4n) is 3.05. The summed E-state index contributed by atoms with van der Waals surface area (Å²) >= 11 is 0. The summed E-state index contributed by atoms with van der Waals surface area (Å²) in [5, 5.41) is 2.95. The normalized spacial score (nSPS) is 10.8. The highest BCUT2D eigenvalue weighted by molar-refractivity contribution is 6.04. The maximum Gasteiger partial charge on any atom is 0.255 e. The fourth-order valence-corrected chi connectivity index (χ4v) is 3.05. The van der Waals surface area contributed by atoms with Crippen molar-refractivity contribution in [3.05, 3.63) is 84.2 Å². The van der Waals surface area contributed by atoms with E-state index >= 15 is 0 Å². The largest absolute Gasteiger partial charge is 0.494 e. The molecule has 5 heteroatoms. The first kappa shape index (κ1) is 17.8. The molecule has 0 radical (unpaired) electrons. The molecule has 0 saturated carbocycles. The molecular weight excluding hydrogens is 350 g/mol. The summed E-state index contributed by atoms with van der Waals surface area (Å²) in [4.78, 5) is 17.2. The smallest absolute Gasteiger partial charge is 0.255 e. The van der Waals surface area contributed by atoms with Gasteiger partial charge in [-0.1, -0.05) is 12.1 Å². The number of nitrogens with zero attached hydrogens (tertiary/aromatic N) is 2. The molecule has 0 fully saturated rings. The average molecular weight is 371 g/mol. The number of amides is 1. The van der Waals surface area contributed by atoms with Crippen molar-refractivity contribution in [1.29, 1.82) is 0 Å². The molecule has 1 amide bonds. The maximum absolute atomic E-state index is 12.5. The maximum atomic E-state index is 12.5. The van der Waals surface area contributed by atoms with Crippen molar-refractivity contribution in [1.82, 2.24) is 9.38 Å². The van der Waals surface area contributed by atoms with Gasteiger partial charge < -0.3 is 14.5 Å². The number of fused-ring (bicyclic) bond motifs is 1. The van der Waals surface area contributed by atoms with E-state index in [2.05, 4.69) is 10.3 Å². The van der Waals surface area contributed by atoms with Crippen LogP contribution in [-0.2, 0) is 0 Å². The van der Waals surface area contributed by atoms with Gasteiger partial charge in [0, 0.05) is 29.2 Å². The molecule has 0 bridgehead atoms. The van der Waals surface area contributed by atoms with E-state index in [9.17, 15) is 4.79 Å². The Morgan fingerprint density at radius 1 is 1.11 bits per heavy atom. The number of hydrogen-bond donors (Lipinski definition) is 1. The van der Waals surface area contributed by atoms with Crippen LogP contribution in [0, 0.1) is 6.92 Å². The average Bonchev–Trinajstić information content (AvgIpc) is 3.12. The van der Waals surface area contributed by atoms with Crippen LogP contribution in [-0.4, -0.2) is 21.9 Å². The number of imidazole rings is 1. The molecule has 2 aromatic heterocycles. The van der Waals surface area contributed by atoms with Gasteiger partial charge in [0.15, 0.2) is 0 Å². The van der Waals surface area contributed by atoms with Gasteiger partial charge in [0.2, 0.25) is 0 Å². The zero-order chi connectivity index (χ0) is 19.5. The van der Waals surface area contributed by atoms with Crippen molar-refractivity contribution in [2.75, 3.05) is 11.9 Å². The lowest BCUT2D eigenvalue weighted by atomic mass is 10.1. The molecule has 28 heavy (non-hydrogen) atoms. The fraction of sp³-hybridized carbons (Fsp3) is 0.130. The van der Waals surface area contributed by atoms with Crippen LogP contribution in [0.1, 0.15) is 22.8 Å². The highest BCUT2D eigenvalue weighted by Gasteiger charge is 2.09. The molecule has 4 aromatic rings. The number of hydrogen-bond acceptors (Lipinski definition) is 3. The summed E-state index contributed by atoms with van der Waals surface area (Å²) < 4.78 is 7.41. The number of benzene rings is 2. The number of ether oxygens (including phenoxy) is 1. The minimum absolute atomic E-state index is 0.161. The van der Waals surface area contributed by atoms with Crippen LogP contribution in [0.4, 0.5) is 5.69 Å². The van der Waals surface area contributed by atoms with Crippen LogP contribution < -0.4 is 10.1 Å². The first-order valence-electron chi connectivity index (χ1n) is 9.22. The van der Waals surface area contributed by atoms with Crippen LogP contribution in [0.5, 0.6) is 5.75 Å². The van der Waals surface area contributed by atoms with Crippen LogP contribution in [0.3, 0.4) is 0 Å². The molecule has 1 N–H and O–H groups in total. The number of anilines is 1. The SMILES string of the molecule is CCOc1ccc(C(=O)Nc2cccc(-c3cn4ccc(C)cc4n3)c2)cc1. The molecule has 0 aliphatic heterocycles. The van der Waals surface area contributed by atoms with Gasteiger partial charge in [0.05, 0.1) is 12.3 Å². The van der Waals surface area contributed by atoms with Gasteiger partial charge in [0.1, 0.15) is 11.4 Å². The monoisotopic (exact) mass is 371 g/mol. The van der Waals surface area contributed by atoms with Crippen LogP contribution in [0.25, 0.3) is 16.9 Å². The second kappa shape index (κ2) is 7.56. The lowest BCUT2D eigenvalue weighted by Gasteiger charge is -2.08. The molecule has 2 aromatic carbocycles. The van der Waals surface area contributed by atoms with E-state index in [0.29, 0.717) is 12.2 Å². The topological polar surface area (TPSA) is 55.6 Å². The van der Waals surface area contributed by atoms with E-state index in [1.54, 1.807) is 24.3 Å². The summed E-state index contributed by atoms with van der Waals surface area (Å²) in [6, 6.07) is 18.9. The third-order valence-electron chi connectivity index (χ3n) is 4.46. The van der Waals surface area contributed by atoms with E-state index in [-0.39, 0.29) is 5.91 Å². The summed E-state index contributed by atoms with van der Waals surface area (Å²) in [7, 11) is 0. The highest BCUT2D eigenvalue weighted by atomic mass is 16.5. The second-order valence-electron chi connectivity index (χ2n) is 6.59. The van der Waals surface area contributed by atoms with Crippen LogP contribution >= 0.6 is 0 Å². The molecule has 4 rings (SSSR count). The van der Waals surface area contributed by atoms with Crippen LogP contribution in [0.15, 0.2) is 73.1 Å². The summed E-state index contributed by atoms with van der Waals surface area (Å²) in [5.41, 5.74) is 5.19. The molecule has 2 heterocycles. The number of carbonyl (C=O) groups excluding carboxylic acids is 1. The Bertz CT molecular complexity index is 1130. The minimum Gasteiger partial charge on any atom is -0.494 e. The predicted molar refractivity (Wildman–Crippen MR) is 111 cm³/mol. The van der Waals surface area contributed by atoms with Gasteiger partial charge in [-0.25, -0.2) is 4.98 Å². The second-order valence-corrected chi connectivity index (χ2v) is 6.59. The lowest BCUT2D eigenvalue weighted by Crippen LogP contribution is -2.11. The lowest BCUT2D eigenvalue weighted by molar-refractivity contribution is 0.102. The summed E-state index contributed by atoms with van der Waals surface area (Å²) in [6.07, 6.45) is 3.99. The molecule has 140 valence electrons. The molecule has 0 atom stereocenters. The van der Waals surface area contributed by atoms with Gasteiger partial charge >= 0.3 is 0 Å². The molecule has 0 unspecified atom stereocenters. The number of nitrogens with one attached hydrogen (secondary N) is 1. The Morgan fingerprint density at radius 3 is 2.71 bits per heavy atom. The summed E-state index contributed by atoms with van der Waals surface area (Å²) in [6.45, 7) is 4.57. The highest BCUT2D eigenvalue weighted by Crippen LogP contribution is 2.23. The van der Waals surface area contributed by atoms with E-state index in [4.69, 9.17) is 4.74 Å². The Hall–Kier alpha value is -3.60. The van der Waals surface area contributed by atoms with Crippen molar-refractivity contribution < 1.29 is 9.53 Å². The molecule has 0 aliphatic carbocycles. The Labute approximate surface area is 163 Å².